The fraction of sp³-hybridized carbons (Fsp3) is 0.455. The zero-order valence-corrected chi connectivity index (χ0v) is 8.93. The van der Waals surface area contributed by atoms with E-state index in [1.165, 1.54) is 0 Å². The second-order valence-electron chi connectivity index (χ2n) is 3.78. The van der Waals surface area contributed by atoms with Gasteiger partial charge in [-0.2, -0.15) is 0 Å². The molecule has 1 fully saturated rings. The molecule has 3 heteroatoms. The van der Waals surface area contributed by atoms with Gasteiger partial charge in [0.2, 0.25) is 0 Å². The summed E-state index contributed by atoms with van der Waals surface area (Å²) in [6, 6.07) is 3.79. The van der Waals surface area contributed by atoms with Gasteiger partial charge in [-0.05, 0) is 37.9 Å². The quantitative estimate of drug-likeness (QED) is 0.749. The summed E-state index contributed by atoms with van der Waals surface area (Å²) < 4.78 is 0. The Balaban J connectivity index is 2.44. The Morgan fingerprint density at radius 3 is 2.93 bits per heavy atom. The highest BCUT2D eigenvalue weighted by molar-refractivity contribution is 6.32. The van der Waals surface area contributed by atoms with Crippen LogP contribution in [0.15, 0.2) is 12.1 Å². The first-order valence-corrected chi connectivity index (χ1v) is 5.29. The topological polar surface area (TPSA) is 32.3 Å². The minimum atomic E-state index is 0.224. The van der Waals surface area contributed by atoms with E-state index in [2.05, 4.69) is 5.32 Å². The second kappa shape index (κ2) is 3.79. The van der Waals surface area contributed by atoms with Crippen molar-refractivity contribution in [2.45, 2.75) is 25.8 Å². The molecule has 1 saturated heterocycles. The lowest BCUT2D eigenvalue weighted by atomic mass is 10.0. The largest absolute Gasteiger partial charge is 0.508 e. The standard InChI is InChI=1S/C11H14ClNO/c1-7-4-5-9(14)10(11(7)12)8-3-2-6-13-8/h4-5,8,13-14H,2-3,6H2,1H3. The highest BCUT2D eigenvalue weighted by Crippen LogP contribution is 2.37. The molecule has 76 valence electrons. The Morgan fingerprint density at radius 2 is 2.29 bits per heavy atom. The molecule has 0 amide bonds. The average Bonchev–Trinajstić information content (AvgIpc) is 2.65. The fourth-order valence-electron chi connectivity index (χ4n) is 1.95. The SMILES string of the molecule is Cc1ccc(O)c(C2CCCN2)c1Cl. The van der Waals surface area contributed by atoms with Crippen molar-refractivity contribution < 1.29 is 5.11 Å². The van der Waals surface area contributed by atoms with E-state index in [4.69, 9.17) is 11.6 Å². The van der Waals surface area contributed by atoms with Gasteiger partial charge in [-0.1, -0.05) is 17.7 Å². The van der Waals surface area contributed by atoms with Gasteiger partial charge < -0.3 is 10.4 Å². The summed E-state index contributed by atoms with van der Waals surface area (Å²) in [5.74, 6) is 0.306. The lowest BCUT2D eigenvalue weighted by Crippen LogP contribution is -2.13. The molecule has 1 atom stereocenters. The molecular formula is C11H14ClNO. The van der Waals surface area contributed by atoms with Crippen molar-refractivity contribution in [2.75, 3.05) is 6.54 Å². The van der Waals surface area contributed by atoms with Crippen molar-refractivity contribution in [2.24, 2.45) is 0 Å². The Kier molecular flexibility index (Phi) is 2.66. The summed E-state index contributed by atoms with van der Waals surface area (Å²) >= 11 is 6.18. The smallest absolute Gasteiger partial charge is 0.121 e. The first kappa shape index (κ1) is 9.81. The van der Waals surface area contributed by atoms with Crippen LogP contribution in [0.3, 0.4) is 0 Å². The molecule has 2 rings (SSSR count). The Bertz CT molecular complexity index is 345. The zero-order chi connectivity index (χ0) is 10.1. The van der Waals surface area contributed by atoms with Gasteiger partial charge in [-0.25, -0.2) is 0 Å². The maximum absolute atomic E-state index is 9.75. The molecule has 1 heterocycles. The van der Waals surface area contributed by atoms with Crippen LogP contribution in [0.4, 0.5) is 0 Å². The molecule has 0 saturated carbocycles. The number of phenolic OH excluding ortho intramolecular Hbond substituents is 1. The van der Waals surface area contributed by atoms with Gasteiger partial charge >= 0.3 is 0 Å². The van der Waals surface area contributed by atoms with Gasteiger partial charge in [-0.3, -0.25) is 0 Å². The Morgan fingerprint density at radius 1 is 1.50 bits per heavy atom. The van der Waals surface area contributed by atoms with E-state index in [1.54, 1.807) is 6.07 Å². The number of benzene rings is 1. The molecule has 1 aliphatic rings. The molecule has 0 bridgehead atoms. The summed E-state index contributed by atoms with van der Waals surface area (Å²) in [6.07, 6.45) is 2.20. The number of hydrogen-bond acceptors (Lipinski definition) is 2. The Hall–Kier alpha value is -0.730. The molecule has 0 spiro atoms. The second-order valence-corrected chi connectivity index (χ2v) is 4.16. The molecular weight excluding hydrogens is 198 g/mol. The minimum Gasteiger partial charge on any atom is -0.508 e. The van der Waals surface area contributed by atoms with Gasteiger partial charge in [0.15, 0.2) is 0 Å². The van der Waals surface area contributed by atoms with Gasteiger partial charge in [0.25, 0.3) is 0 Å². The number of phenols is 1. The number of halogens is 1. The highest BCUT2D eigenvalue weighted by Gasteiger charge is 2.22. The van der Waals surface area contributed by atoms with Crippen LogP contribution in [0.5, 0.6) is 5.75 Å². The van der Waals surface area contributed by atoms with Crippen LogP contribution in [-0.4, -0.2) is 11.7 Å². The van der Waals surface area contributed by atoms with Crippen molar-refractivity contribution in [1.82, 2.24) is 5.32 Å². The van der Waals surface area contributed by atoms with Gasteiger partial charge in [0.05, 0.1) is 5.02 Å². The summed E-state index contributed by atoms with van der Waals surface area (Å²) in [4.78, 5) is 0. The molecule has 14 heavy (non-hydrogen) atoms. The molecule has 1 aromatic carbocycles. The summed E-state index contributed by atoms with van der Waals surface area (Å²) in [5, 5.41) is 13.8. The number of rotatable bonds is 1. The summed E-state index contributed by atoms with van der Waals surface area (Å²) in [7, 11) is 0. The monoisotopic (exact) mass is 211 g/mol. The lowest BCUT2D eigenvalue weighted by molar-refractivity contribution is 0.457. The van der Waals surface area contributed by atoms with Gasteiger partial charge in [0, 0.05) is 11.6 Å². The molecule has 1 unspecified atom stereocenters. The zero-order valence-electron chi connectivity index (χ0n) is 8.18. The number of aryl methyl sites for hydroxylation is 1. The van der Waals surface area contributed by atoms with Crippen LogP contribution in [0.2, 0.25) is 5.02 Å². The third kappa shape index (κ3) is 1.60. The fourth-order valence-corrected chi connectivity index (χ4v) is 2.25. The van der Waals surface area contributed by atoms with Crippen molar-refractivity contribution in [3.05, 3.63) is 28.3 Å². The van der Waals surface area contributed by atoms with E-state index in [0.29, 0.717) is 10.8 Å². The molecule has 1 aromatic rings. The van der Waals surface area contributed by atoms with Crippen LogP contribution in [0.25, 0.3) is 0 Å². The van der Waals surface area contributed by atoms with Crippen LogP contribution in [0, 0.1) is 6.92 Å². The predicted octanol–water partition coefficient (Wildman–Crippen LogP) is 2.78. The van der Waals surface area contributed by atoms with E-state index < -0.39 is 0 Å². The Labute approximate surface area is 88.9 Å². The molecule has 1 aliphatic heterocycles. The van der Waals surface area contributed by atoms with Gasteiger partial charge in [-0.15, -0.1) is 0 Å². The van der Waals surface area contributed by atoms with Crippen LogP contribution < -0.4 is 5.32 Å². The van der Waals surface area contributed by atoms with Crippen molar-refractivity contribution >= 4 is 11.6 Å². The molecule has 2 nitrogen and oxygen atoms in total. The van der Waals surface area contributed by atoms with E-state index in [9.17, 15) is 5.11 Å². The first-order chi connectivity index (χ1) is 6.70. The maximum atomic E-state index is 9.75. The summed E-state index contributed by atoms with van der Waals surface area (Å²) in [5.41, 5.74) is 1.89. The van der Waals surface area contributed by atoms with E-state index in [-0.39, 0.29) is 6.04 Å². The van der Waals surface area contributed by atoms with Gasteiger partial charge in [0.1, 0.15) is 5.75 Å². The third-order valence-electron chi connectivity index (χ3n) is 2.76. The number of nitrogens with one attached hydrogen (secondary N) is 1. The van der Waals surface area contributed by atoms with Crippen molar-refractivity contribution in [3.63, 3.8) is 0 Å². The molecule has 0 aliphatic carbocycles. The highest BCUT2D eigenvalue weighted by atomic mass is 35.5. The third-order valence-corrected chi connectivity index (χ3v) is 3.26. The predicted molar refractivity (Wildman–Crippen MR) is 57.8 cm³/mol. The number of aromatic hydroxyl groups is 1. The van der Waals surface area contributed by atoms with Crippen molar-refractivity contribution in [3.8, 4) is 5.75 Å². The minimum absolute atomic E-state index is 0.224. The first-order valence-electron chi connectivity index (χ1n) is 4.91. The lowest BCUT2D eigenvalue weighted by Gasteiger charge is -2.15. The normalized spacial score (nSPS) is 21.4. The van der Waals surface area contributed by atoms with Crippen molar-refractivity contribution in [1.29, 1.82) is 0 Å². The van der Waals surface area contributed by atoms with E-state index in [1.807, 2.05) is 13.0 Å². The molecule has 2 N–H and O–H groups in total. The van der Waals surface area contributed by atoms with Crippen LogP contribution >= 0.6 is 11.6 Å². The molecule has 0 aromatic heterocycles. The number of hydrogen-bond donors (Lipinski definition) is 2. The van der Waals surface area contributed by atoms with Crippen LogP contribution in [0.1, 0.15) is 30.0 Å². The summed E-state index contributed by atoms with van der Waals surface area (Å²) in [6.45, 7) is 2.97. The van der Waals surface area contributed by atoms with Crippen LogP contribution in [-0.2, 0) is 0 Å². The van der Waals surface area contributed by atoms with E-state index in [0.717, 1.165) is 30.5 Å². The maximum Gasteiger partial charge on any atom is 0.121 e. The average molecular weight is 212 g/mol. The van der Waals surface area contributed by atoms with E-state index >= 15 is 0 Å². The molecule has 0 radical (unpaired) electrons.